The van der Waals surface area contributed by atoms with E-state index in [4.69, 9.17) is 0 Å². The van der Waals surface area contributed by atoms with Crippen LogP contribution in [-0.4, -0.2) is 49.6 Å². The van der Waals surface area contributed by atoms with Crippen LogP contribution in [0.2, 0.25) is 0 Å². The Bertz CT molecular complexity index is 1200. The molecule has 0 saturated carbocycles. The summed E-state index contributed by atoms with van der Waals surface area (Å²) in [5.74, 6) is -0.0819. The first-order valence-corrected chi connectivity index (χ1v) is 13.1. The SMILES string of the molecule is CCN(CC)C(=O)c1ccccc1Cc1cc(C)c(N2CCNCC2Cc2cccc(F)c2)cc1C. The first kappa shape index (κ1) is 25.9. The zero-order valence-electron chi connectivity index (χ0n) is 22.0. The van der Waals surface area contributed by atoms with Crippen molar-refractivity contribution in [1.82, 2.24) is 10.2 Å². The first-order chi connectivity index (χ1) is 17.4. The number of rotatable bonds is 8. The standard InChI is InChI=1S/C31H38FN3O/c1-5-34(6-2)31(36)29-13-8-7-11-25(29)20-26-16-23(4)30(17-22(26)3)35-15-14-33-21-28(35)19-24-10-9-12-27(32)18-24/h7-13,16-18,28,33H,5-6,14-15,19-21H2,1-4H3. The van der Waals surface area contributed by atoms with Crippen LogP contribution in [0.3, 0.4) is 0 Å². The lowest BCUT2D eigenvalue weighted by Gasteiger charge is -2.39. The van der Waals surface area contributed by atoms with Crippen LogP contribution >= 0.6 is 0 Å². The molecule has 4 rings (SSSR count). The second-order valence-electron chi connectivity index (χ2n) is 9.76. The molecule has 1 aliphatic rings. The molecule has 1 N–H and O–H groups in total. The molecule has 0 radical (unpaired) electrons. The van der Waals surface area contributed by atoms with Crippen LogP contribution in [0, 0.1) is 19.7 Å². The van der Waals surface area contributed by atoms with Crippen LogP contribution < -0.4 is 10.2 Å². The van der Waals surface area contributed by atoms with Gasteiger partial charge in [-0.25, -0.2) is 4.39 Å². The molecule has 36 heavy (non-hydrogen) atoms. The lowest BCUT2D eigenvalue weighted by molar-refractivity contribution is 0.0772. The van der Waals surface area contributed by atoms with Gasteiger partial charge in [0.2, 0.25) is 0 Å². The first-order valence-electron chi connectivity index (χ1n) is 13.1. The number of anilines is 1. The summed E-state index contributed by atoms with van der Waals surface area (Å²) in [5.41, 5.74) is 7.82. The number of carbonyl (C=O) groups is 1. The second kappa shape index (κ2) is 11.7. The summed E-state index contributed by atoms with van der Waals surface area (Å²) >= 11 is 0. The van der Waals surface area contributed by atoms with Gasteiger partial charge in [-0.05, 0) is 92.6 Å². The lowest BCUT2D eigenvalue weighted by Crippen LogP contribution is -2.52. The van der Waals surface area contributed by atoms with Gasteiger partial charge in [-0.1, -0.05) is 36.4 Å². The minimum Gasteiger partial charge on any atom is -0.365 e. The van der Waals surface area contributed by atoms with Gasteiger partial charge in [0.1, 0.15) is 5.82 Å². The number of carbonyl (C=O) groups excluding carboxylic acids is 1. The van der Waals surface area contributed by atoms with Crippen molar-refractivity contribution < 1.29 is 9.18 Å². The van der Waals surface area contributed by atoms with Crippen molar-refractivity contribution in [3.8, 4) is 0 Å². The predicted molar refractivity (Wildman–Crippen MR) is 147 cm³/mol. The summed E-state index contributed by atoms with van der Waals surface area (Å²) in [6, 6.07) is 19.8. The molecular weight excluding hydrogens is 449 g/mol. The number of halogens is 1. The fraction of sp³-hybridized carbons (Fsp3) is 0.387. The Labute approximate surface area is 215 Å². The van der Waals surface area contributed by atoms with Gasteiger partial charge in [0.25, 0.3) is 5.91 Å². The fourth-order valence-corrected chi connectivity index (χ4v) is 5.33. The molecule has 1 atom stereocenters. The minimum atomic E-state index is -0.182. The molecule has 0 bridgehead atoms. The highest BCUT2D eigenvalue weighted by Gasteiger charge is 2.25. The van der Waals surface area contributed by atoms with Crippen LogP contribution in [0.4, 0.5) is 10.1 Å². The monoisotopic (exact) mass is 487 g/mol. The van der Waals surface area contributed by atoms with Crippen molar-refractivity contribution in [3.63, 3.8) is 0 Å². The number of amides is 1. The Kier molecular flexibility index (Phi) is 8.42. The average Bonchev–Trinajstić information content (AvgIpc) is 2.87. The molecule has 3 aromatic rings. The van der Waals surface area contributed by atoms with Gasteiger partial charge in [-0.3, -0.25) is 4.79 Å². The molecule has 1 saturated heterocycles. The van der Waals surface area contributed by atoms with Crippen molar-refractivity contribution >= 4 is 11.6 Å². The highest BCUT2D eigenvalue weighted by Crippen LogP contribution is 2.30. The van der Waals surface area contributed by atoms with Gasteiger partial charge in [0.05, 0.1) is 0 Å². The van der Waals surface area contributed by atoms with E-state index in [0.29, 0.717) is 13.1 Å². The number of hydrogen-bond acceptors (Lipinski definition) is 3. The Balaban J connectivity index is 1.60. The van der Waals surface area contributed by atoms with E-state index in [0.717, 1.165) is 49.2 Å². The van der Waals surface area contributed by atoms with Gasteiger partial charge < -0.3 is 15.1 Å². The zero-order chi connectivity index (χ0) is 25.7. The van der Waals surface area contributed by atoms with E-state index >= 15 is 0 Å². The third kappa shape index (κ3) is 5.79. The number of aryl methyl sites for hydroxylation is 2. The summed E-state index contributed by atoms with van der Waals surface area (Å²) in [6.45, 7) is 12.5. The van der Waals surface area contributed by atoms with E-state index in [1.165, 1.54) is 28.4 Å². The van der Waals surface area contributed by atoms with Gasteiger partial charge in [-0.2, -0.15) is 0 Å². The summed E-state index contributed by atoms with van der Waals surface area (Å²) in [4.78, 5) is 17.5. The van der Waals surface area contributed by atoms with Crippen molar-refractivity contribution in [1.29, 1.82) is 0 Å². The lowest BCUT2D eigenvalue weighted by atomic mass is 9.93. The molecule has 0 spiro atoms. The smallest absolute Gasteiger partial charge is 0.254 e. The summed E-state index contributed by atoms with van der Waals surface area (Å²) < 4.78 is 13.8. The van der Waals surface area contributed by atoms with Crippen LogP contribution in [0.5, 0.6) is 0 Å². The summed E-state index contributed by atoms with van der Waals surface area (Å²) in [7, 11) is 0. The molecule has 1 aliphatic heterocycles. The van der Waals surface area contributed by atoms with Crippen molar-refractivity contribution in [2.75, 3.05) is 37.6 Å². The van der Waals surface area contributed by atoms with E-state index in [1.54, 1.807) is 12.1 Å². The Hall–Kier alpha value is -3.18. The van der Waals surface area contributed by atoms with Gasteiger partial charge in [0.15, 0.2) is 0 Å². The number of nitrogens with zero attached hydrogens (tertiary/aromatic N) is 2. The molecule has 3 aromatic carbocycles. The van der Waals surface area contributed by atoms with Crippen molar-refractivity contribution in [2.45, 2.75) is 46.6 Å². The third-order valence-electron chi connectivity index (χ3n) is 7.35. The quantitative estimate of drug-likeness (QED) is 0.453. The Morgan fingerprint density at radius 3 is 2.53 bits per heavy atom. The van der Waals surface area contributed by atoms with Gasteiger partial charge in [-0.15, -0.1) is 0 Å². The van der Waals surface area contributed by atoms with Crippen LogP contribution in [0.15, 0.2) is 60.7 Å². The highest BCUT2D eigenvalue weighted by atomic mass is 19.1. The minimum absolute atomic E-state index is 0.0996. The molecule has 1 unspecified atom stereocenters. The normalized spacial score (nSPS) is 15.7. The summed E-state index contributed by atoms with van der Waals surface area (Å²) in [5, 5.41) is 3.51. The van der Waals surface area contributed by atoms with Crippen LogP contribution in [0.25, 0.3) is 0 Å². The third-order valence-corrected chi connectivity index (χ3v) is 7.35. The maximum absolute atomic E-state index is 13.8. The second-order valence-corrected chi connectivity index (χ2v) is 9.76. The molecule has 0 aliphatic carbocycles. The molecule has 1 amide bonds. The Morgan fingerprint density at radius 1 is 1.00 bits per heavy atom. The maximum atomic E-state index is 13.8. The number of nitrogens with one attached hydrogen (secondary N) is 1. The largest absolute Gasteiger partial charge is 0.365 e. The van der Waals surface area contributed by atoms with Gasteiger partial charge >= 0.3 is 0 Å². The van der Waals surface area contributed by atoms with Crippen molar-refractivity contribution in [2.24, 2.45) is 0 Å². The number of benzene rings is 3. The molecule has 4 nitrogen and oxygen atoms in total. The molecule has 1 heterocycles. The number of piperazine rings is 1. The molecule has 1 fully saturated rings. The van der Waals surface area contributed by atoms with E-state index in [1.807, 2.05) is 43.0 Å². The summed E-state index contributed by atoms with van der Waals surface area (Å²) in [6.07, 6.45) is 1.52. The van der Waals surface area contributed by atoms with E-state index < -0.39 is 0 Å². The van der Waals surface area contributed by atoms with Crippen LogP contribution in [0.1, 0.15) is 52.0 Å². The molecular formula is C31H38FN3O. The number of hydrogen-bond donors (Lipinski definition) is 1. The molecule has 0 aromatic heterocycles. The van der Waals surface area contributed by atoms with E-state index in [-0.39, 0.29) is 17.8 Å². The van der Waals surface area contributed by atoms with Gasteiger partial charge in [0, 0.05) is 50.0 Å². The average molecular weight is 488 g/mol. The predicted octanol–water partition coefficient (Wildman–Crippen LogP) is 5.54. The van der Waals surface area contributed by atoms with E-state index in [9.17, 15) is 9.18 Å². The topological polar surface area (TPSA) is 35.6 Å². The fourth-order valence-electron chi connectivity index (χ4n) is 5.33. The molecule has 5 heteroatoms. The highest BCUT2D eigenvalue weighted by molar-refractivity contribution is 5.95. The van der Waals surface area contributed by atoms with E-state index in [2.05, 4.69) is 42.3 Å². The zero-order valence-corrected chi connectivity index (χ0v) is 22.0. The molecule has 190 valence electrons. The van der Waals surface area contributed by atoms with Crippen LogP contribution in [-0.2, 0) is 12.8 Å². The van der Waals surface area contributed by atoms with Crippen molar-refractivity contribution in [3.05, 3.63) is 99.9 Å². The Morgan fingerprint density at radius 2 is 1.78 bits per heavy atom. The maximum Gasteiger partial charge on any atom is 0.254 e.